The first-order valence-corrected chi connectivity index (χ1v) is 12.0. The highest BCUT2D eigenvalue weighted by Gasteiger charge is 2.18. The molecule has 10 nitrogen and oxygen atoms in total. The molecule has 0 saturated carbocycles. The van der Waals surface area contributed by atoms with Gasteiger partial charge in [0.1, 0.15) is 4.83 Å². The number of aryl methyl sites for hydroxylation is 1. The second kappa shape index (κ2) is 10.6. The number of fused-ring (bicyclic) bond motifs is 1. The van der Waals surface area contributed by atoms with E-state index in [1.165, 1.54) is 29.5 Å². The number of nitrogens with zero attached hydrogens (tertiary/aromatic N) is 2. The van der Waals surface area contributed by atoms with E-state index in [1.54, 1.807) is 0 Å². The summed E-state index contributed by atoms with van der Waals surface area (Å²) < 4.78 is 0. The molecular formula is C21H23N5O5S2. The highest BCUT2D eigenvalue weighted by Crippen LogP contribution is 2.30. The Morgan fingerprint density at radius 2 is 2.09 bits per heavy atom. The molecule has 0 spiro atoms. The number of nitrogens with one attached hydrogen (secondary N) is 3. The third kappa shape index (κ3) is 5.96. The molecule has 33 heavy (non-hydrogen) atoms. The minimum absolute atomic E-state index is 0.0369. The molecule has 3 rings (SSSR count). The number of hydrazine groups is 1. The highest BCUT2D eigenvalue weighted by atomic mass is 32.2. The molecule has 2 aromatic heterocycles. The van der Waals surface area contributed by atoms with Gasteiger partial charge < -0.3 is 4.98 Å². The van der Waals surface area contributed by atoms with Crippen molar-refractivity contribution in [2.24, 2.45) is 5.92 Å². The quantitative estimate of drug-likeness (QED) is 0.190. The van der Waals surface area contributed by atoms with Crippen LogP contribution in [0.4, 0.5) is 5.69 Å². The van der Waals surface area contributed by atoms with E-state index in [0.29, 0.717) is 21.3 Å². The molecule has 0 aliphatic carbocycles. The molecule has 3 N–H and O–H groups in total. The number of hydrogen-bond acceptors (Lipinski definition) is 8. The van der Waals surface area contributed by atoms with Gasteiger partial charge in [0.15, 0.2) is 5.16 Å². The fourth-order valence-corrected chi connectivity index (χ4v) is 4.86. The number of carbonyl (C=O) groups is 2. The van der Waals surface area contributed by atoms with E-state index in [4.69, 9.17) is 0 Å². The molecule has 2 heterocycles. The molecular weight excluding hydrogens is 466 g/mol. The van der Waals surface area contributed by atoms with Crippen molar-refractivity contribution in [3.8, 4) is 0 Å². The summed E-state index contributed by atoms with van der Waals surface area (Å²) in [6.07, 6.45) is 1.83. The first kappa shape index (κ1) is 24.4. The zero-order chi connectivity index (χ0) is 24.1. The molecule has 2 amide bonds. The number of non-ortho nitro benzene ring substituents is 1. The predicted molar refractivity (Wildman–Crippen MR) is 128 cm³/mol. The summed E-state index contributed by atoms with van der Waals surface area (Å²) in [5.74, 6) is -0.863. The van der Waals surface area contributed by atoms with Crippen molar-refractivity contribution in [3.05, 3.63) is 60.7 Å². The average molecular weight is 490 g/mol. The maximum Gasteiger partial charge on any atom is 0.270 e. The Balaban J connectivity index is 1.61. The smallest absolute Gasteiger partial charge is 0.270 e. The Labute approximate surface area is 197 Å². The number of hydrogen-bond donors (Lipinski definition) is 3. The van der Waals surface area contributed by atoms with E-state index >= 15 is 0 Å². The SMILES string of the molecule is CCC(C)Cc1c(C)sc2nc(SCC(=O)NNC(=O)c3cccc([N+](=O)[O-])c3)[nH]c(=O)c12. The maximum absolute atomic E-state index is 12.7. The molecule has 12 heteroatoms. The van der Waals surface area contributed by atoms with Crippen LogP contribution >= 0.6 is 23.1 Å². The molecule has 1 atom stereocenters. The highest BCUT2D eigenvalue weighted by molar-refractivity contribution is 7.99. The van der Waals surface area contributed by atoms with Crippen LogP contribution in [0.1, 0.15) is 41.1 Å². The van der Waals surface area contributed by atoms with Crippen LogP contribution < -0.4 is 16.4 Å². The third-order valence-electron chi connectivity index (χ3n) is 5.07. The van der Waals surface area contributed by atoms with Crippen LogP contribution in [0.25, 0.3) is 10.2 Å². The Morgan fingerprint density at radius 1 is 1.33 bits per heavy atom. The van der Waals surface area contributed by atoms with Crippen molar-refractivity contribution in [1.82, 2.24) is 20.8 Å². The molecule has 174 valence electrons. The topological polar surface area (TPSA) is 147 Å². The Morgan fingerprint density at radius 3 is 2.79 bits per heavy atom. The molecule has 0 radical (unpaired) electrons. The molecule has 1 unspecified atom stereocenters. The van der Waals surface area contributed by atoms with E-state index in [9.17, 15) is 24.5 Å². The molecule has 0 aliphatic heterocycles. The number of aromatic amines is 1. The van der Waals surface area contributed by atoms with Crippen molar-refractivity contribution >= 4 is 50.8 Å². The summed E-state index contributed by atoms with van der Waals surface area (Å²) in [5.41, 5.74) is 5.06. The summed E-state index contributed by atoms with van der Waals surface area (Å²) in [7, 11) is 0. The van der Waals surface area contributed by atoms with Crippen LogP contribution in [0, 0.1) is 23.0 Å². The summed E-state index contributed by atoms with van der Waals surface area (Å²) in [6, 6.07) is 5.15. The van der Waals surface area contributed by atoms with E-state index in [0.717, 1.165) is 41.1 Å². The minimum Gasteiger partial charge on any atom is -0.301 e. The van der Waals surface area contributed by atoms with Crippen LogP contribution in [0.15, 0.2) is 34.2 Å². The van der Waals surface area contributed by atoms with E-state index in [-0.39, 0.29) is 22.6 Å². The first-order valence-electron chi connectivity index (χ1n) is 10.2. The lowest BCUT2D eigenvalue weighted by atomic mass is 9.98. The van der Waals surface area contributed by atoms with Crippen molar-refractivity contribution < 1.29 is 14.5 Å². The van der Waals surface area contributed by atoms with Crippen molar-refractivity contribution in [3.63, 3.8) is 0 Å². The standard InChI is InChI=1S/C21H23N5O5S2/c1-4-11(2)8-15-12(3)33-20-17(15)19(29)22-21(23-20)32-10-16(27)24-25-18(28)13-6-5-7-14(9-13)26(30)31/h5-7,9,11H,4,8,10H2,1-3H3,(H,24,27)(H,25,28)(H,22,23,29). The van der Waals surface area contributed by atoms with Crippen molar-refractivity contribution in [2.75, 3.05) is 5.75 Å². The van der Waals surface area contributed by atoms with E-state index < -0.39 is 16.7 Å². The zero-order valence-corrected chi connectivity index (χ0v) is 19.9. The molecule has 3 aromatic rings. The first-order chi connectivity index (χ1) is 15.7. The number of thioether (sulfide) groups is 1. The van der Waals surface area contributed by atoms with E-state index in [1.807, 2.05) is 6.92 Å². The molecule has 0 bridgehead atoms. The second-order valence-electron chi connectivity index (χ2n) is 7.50. The zero-order valence-electron chi connectivity index (χ0n) is 18.3. The maximum atomic E-state index is 12.7. The van der Waals surface area contributed by atoms with Crippen LogP contribution in [0.2, 0.25) is 0 Å². The summed E-state index contributed by atoms with van der Waals surface area (Å²) in [6.45, 7) is 6.24. The molecule has 0 fully saturated rings. The van der Waals surface area contributed by atoms with Gasteiger partial charge in [-0.3, -0.25) is 35.3 Å². The van der Waals surface area contributed by atoms with Gasteiger partial charge in [0, 0.05) is 22.6 Å². The third-order valence-corrected chi connectivity index (χ3v) is 6.98. The van der Waals surface area contributed by atoms with Gasteiger partial charge in [-0.2, -0.15) is 0 Å². The second-order valence-corrected chi connectivity index (χ2v) is 9.67. The fraction of sp³-hybridized carbons (Fsp3) is 0.333. The normalized spacial score (nSPS) is 11.8. The van der Waals surface area contributed by atoms with Gasteiger partial charge in [0.25, 0.3) is 17.2 Å². The molecule has 0 aliphatic rings. The van der Waals surface area contributed by atoms with Crippen LogP contribution in [-0.2, 0) is 11.2 Å². The summed E-state index contributed by atoms with van der Waals surface area (Å²) in [4.78, 5) is 56.0. The predicted octanol–water partition coefficient (Wildman–Crippen LogP) is 3.34. The van der Waals surface area contributed by atoms with Gasteiger partial charge in [-0.15, -0.1) is 11.3 Å². The number of nitro groups is 1. The number of nitro benzene ring substituents is 1. The number of thiophene rings is 1. The molecule has 0 saturated heterocycles. The van der Waals surface area contributed by atoms with Crippen LogP contribution in [-0.4, -0.2) is 32.5 Å². The number of amides is 2. The largest absolute Gasteiger partial charge is 0.301 e. The van der Waals surface area contributed by atoms with Crippen LogP contribution in [0.5, 0.6) is 0 Å². The lowest BCUT2D eigenvalue weighted by molar-refractivity contribution is -0.384. The summed E-state index contributed by atoms with van der Waals surface area (Å²) >= 11 is 2.49. The van der Waals surface area contributed by atoms with E-state index in [2.05, 4.69) is 34.7 Å². The van der Waals surface area contributed by atoms with Crippen molar-refractivity contribution in [1.29, 1.82) is 0 Å². The van der Waals surface area contributed by atoms with Crippen LogP contribution in [0.3, 0.4) is 0 Å². The summed E-state index contributed by atoms with van der Waals surface area (Å²) in [5, 5.41) is 11.7. The van der Waals surface area contributed by atoms with Crippen molar-refractivity contribution in [2.45, 2.75) is 38.8 Å². The average Bonchev–Trinajstić information content (AvgIpc) is 3.11. The number of rotatable bonds is 8. The molecule has 1 aromatic carbocycles. The number of aromatic nitrogens is 2. The number of H-pyrrole nitrogens is 1. The Hall–Kier alpha value is -3.25. The van der Waals surface area contributed by atoms with Gasteiger partial charge >= 0.3 is 0 Å². The lowest BCUT2D eigenvalue weighted by Gasteiger charge is -2.08. The monoisotopic (exact) mass is 489 g/mol. The Bertz CT molecular complexity index is 1270. The number of benzene rings is 1. The fourth-order valence-electron chi connectivity index (χ4n) is 3.09. The van der Waals surface area contributed by atoms with Gasteiger partial charge in [0.05, 0.1) is 16.1 Å². The Kier molecular flexibility index (Phi) is 7.82. The number of carbonyl (C=O) groups excluding carboxylic acids is 2. The lowest BCUT2D eigenvalue weighted by Crippen LogP contribution is -2.42. The van der Waals surface area contributed by atoms with Gasteiger partial charge in [-0.05, 0) is 30.9 Å². The minimum atomic E-state index is -0.687. The van der Waals surface area contributed by atoms with Gasteiger partial charge in [-0.1, -0.05) is 38.1 Å². The van der Waals surface area contributed by atoms with Gasteiger partial charge in [0.2, 0.25) is 5.91 Å². The van der Waals surface area contributed by atoms with Gasteiger partial charge in [-0.25, -0.2) is 4.98 Å².